The second-order valence-corrected chi connectivity index (χ2v) is 21.8. The van der Waals surface area contributed by atoms with Gasteiger partial charge in [-0.1, -0.05) is 122 Å². The molecule has 3 aromatic carbocycles. The monoisotopic (exact) mass is 1020 g/mol. The van der Waals surface area contributed by atoms with Crippen LogP contribution in [0.5, 0.6) is 0 Å². The topological polar surface area (TPSA) is 239 Å². The Morgan fingerprint density at radius 2 is 0.878 bits per heavy atom. The van der Waals surface area contributed by atoms with E-state index >= 15 is 0 Å². The van der Waals surface area contributed by atoms with Crippen molar-refractivity contribution in [2.24, 2.45) is 10.8 Å². The summed E-state index contributed by atoms with van der Waals surface area (Å²) in [6.45, 7) is 18.2. The van der Waals surface area contributed by atoms with Crippen molar-refractivity contribution in [2.75, 3.05) is 27.2 Å². The third-order valence-electron chi connectivity index (χ3n) is 14.1. The predicted octanol–water partition coefficient (Wildman–Crippen LogP) is 3.90. The van der Waals surface area contributed by atoms with E-state index in [1.54, 1.807) is 46.1 Å². The molecule has 8 N–H and O–H groups in total. The average molecular weight is 1020 g/mol. The fraction of sp³-hybridized carbons (Fsp3) is 0.536. The maximum atomic E-state index is 14.6. The summed E-state index contributed by atoms with van der Waals surface area (Å²) in [6.07, 6.45) is 1.32. The van der Waals surface area contributed by atoms with E-state index in [0.717, 1.165) is 11.1 Å². The molecule has 2 saturated heterocycles. The minimum atomic E-state index is -1.01. The van der Waals surface area contributed by atoms with E-state index in [0.29, 0.717) is 12.8 Å². The van der Waals surface area contributed by atoms with E-state index in [1.165, 1.54) is 15.9 Å². The maximum absolute atomic E-state index is 14.6. The van der Waals surface area contributed by atoms with Gasteiger partial charge < -0.3 is 52.3 Å². The van der Waals surface area contributed by atoms with Gasteiger partial charge in [-0.25, -0.2) is 0 Å². The van der Waals surface area contributed by atoms with Crippen LogP contribution in [0, 0.1) is 10.8 Å². The van der Waals surface area contributed by atoms with Crippen LogP contribution in [0.15, 0.2) is 84.9 Å². The smallest absolute Gasteiger partial charge is 0.251 e. The van der Waals surface area contributed by atoms with Gasteiger partial charge in [0.05, 0.1) is 24.2 Å². The summed E-state index contributed by atoms with van der Waals surface area (Å²) in [5, 5.41) is 23.8. The lowest BCUT2D eigenvalue weighted by Gasteiger charge is -2.36. The fourth-order valence-electron chi connectivity index (χ4n) is 9.38. The van der Waals surface area contributed by atoms with E-state index in [1.807, 2.05) is 116 Å². The summed E-state index contributed by atoms with van der Waals surface area (Å²) in [5.41, 5.74) is 0.582. The highest BCUT2D eigenvalue weighted by Crippen LogP contribution is 2.30. The van der Waals surface area contributed by atoms with E-state index in [2.05, 4.69) is 42.5 Å². The van der Waals surface area contributed by atoms with E-state index in [9.17, 15) is 38.4 Å². The minimum absolute atomic E-state index is 0.0285. The van der Waals surface area contributed by atoms with Crippen molar-refractivity contribution >= 4 is 47.3 Å². The number of carbonyl (C=O) groups excluding carboxylic acids is 8. The number of nitrogens with one attached hydrogen (secondary N) is 8. The molecule has 2 aliphatic rings. The fourth-order valence-corrected chi connectivity index (χ4v) is 9.38. The van der Waals surface area contributed by atoms with E-state index in [-0.39, 0.29) is 61.0 Å². The molecule has 0 saturated carbocycles. The van der Waals surface area contributed by atoms with Crippen LogP contribution in [0.3, 0.4) is 0 Å². The second kappa shape index (κ2) is 25.5. The Kier molecular flexibility index (Phi) is 20.1. The lowest BCUT2D eigenvalue weighted by atomic mass is 9.85. The highest BCUT2D eigenvalue weighted by Gasteiger charge is 2.48. The van der Waals surface area contributed by atoms with Gasteiger partial charge in [-0.3, -0.25) is 38.4 Å². The second-order valence-electron chi connectivity index (χ2n) is 21.8. The van der Waals surface area contributed by atoms with Crippen LogP contribution in [-0.4, -0.2) is 133 Å². The zero-order valence-corrected chi connectivity index (χ0v) is 45.3. The predicted molar refractivity (Wildman–Crippen MR) is 284 cm³/mol. The van der Waals surface area contributed by atoms with Gasteiger partial charge in [0.25, 0.3) is 11.8 Å². The van der Waals surface area contributed by atoms with E-state index in [4.69, 9.17) is 0 Å². The van der Waals surface area contributed by atoms with Crippen LogP contribution in [0.4, 0.5) is 0 Å². The Morgan fingerprint density at radius 1 is 0.527 bits per heavy atom. The first kappa shape index (κ1) is 58.2. The van der Waals surface area contributed by atoms with Gasteiger partial charge in [0, 0.05) is 36.3 Å². The summed E-state index contributed by atoms with van der Waals surface area (Å²) in [6, 6.07) is 17.9. The van der Waals surface area contributed by atoms with E-state index < -0.39 is 94.6 Å². The van der Waals surface area contributed by atoms with Crippen molar-refractivity contribution in [3.63, 3.8) is 0 Å². The van der Waals surface area contributed by atoms with Gasteiger partial charge in [-0.15, -0.1) is 0 Å². The first-order chi connectivity index (χ1) is 34.9. The largest absolute Gasteiger partial charge is 0.348 e. The van der Waals surface area contributed by atoms with Gasteiger partial charge in [0.15, 0.2) is 0 Å². The molecule has 18 nitrogen and oxygen atoms in total. The third kappa shape index (κ3) is 14.8. The average Bonchev–Trinajstić information content (AvgIpc) is 4.01. The Labute approximate surface area is 437 Å². The molecule has 0 radical (unpaired) electrons. The quantitative estimate of drug-likeness (QED) is 0.0813. The van der Waals surface area contributed by atoms with Crippen molar-refractivity contribution < 1.29 is 38.4 Å². The summed E-state index contributed by atoms with van der Waals surface area (Å²) >= 11 is 0. The molecule has 402 valence electrons. The number of benzene rings is 3. The molecule has 18 heteroatoms. The molecule has 5 rings (SSSR count). The molecule has 3 aromatic rings. The lowest BCUT2D eigenvalue weighted by molar-refractivity contribution is -0.144. The number of amides is 8. The molecule has 74 heavy (non-hydrogen) atoms. The van der Waals surface area contributed by atoms with Crippen LogP contribution < -0.4 is 42.5 Å². The molecular formula is C56H80N10O8. The molecule has 0 bridgehead atoms. The molecule has 8 amide bonds. The summed E-state index contributed by atoms with van der Waals surface area (Å²) < 4.78 is 0. The minimum Gasteiger partial charge on any atom is -0.348 e. The van der Waals surface area contributed by atoms with Gasteiger partial charge in [0.1, 0.15) is 24.2 Å². The molecular weight excluding hydrogens is 941 g/mol. The number of carbonyl (C=O) groups is 8. The highest BCUT2D eigenvalue weighted by atomic mass is 16.2. The molecule has 0 aromatic heterocycles. The Morgan fingerprint density at radius 3 is 1.19 bits per heavy atom. The zero-order chi connectivity index (χ0) is 54.7. The summed E-state index contributed by atoms with van der Waals surface area (Å²) in [4.78, 5) is 115. The molecule has 0 unspecified atom stereocenters. The van der Waals surface area contributed by atoms with Crippen LogP contribution in [0.25, 0.3) is 0 Å². The first-order valence-electron chi connectivity index (χ1n) is 25.9. The normalized spacial score (nSPS) is 20.2. The molecule has 0 aliphatic carbocycles. The number of hydrogen-bond donors (Lipinski definition) is 8. The number of hydrogen-bond acceptors (Lipinski definition) is 10. The maximum Gasteiger partial charge on any atom is 0.251 e. The first-order valence-corrected chi connectivity index (χ1v) is 25.9. The van der Waals surface area contributed by atoms with Gasteiger partial charge in [-0.2, -0.15) is 0 Å². The molecule has 10 atom stereocenters. The highest BCUT2D eigenvalue weighted by molar-refractivity contribution is 6.01. The van der Waals surface area contributed by atoms with Crippen LogP contribution in [0.2, 0.25) is 0 Å². The summed E-state index contributed by atoms with van der Waals surface area (Å²) in [7, 11) is 3.29. The van der Waals surface area contributed by atoms with Crippen LogP contribution in [0.1, 0.15) is 139 Å². The number of nitrogens with zero attached hydrogens (tertiary/aromatic N) is 2. The Hall–Kier alpha value is -6.66. The van der Waals surface area contributed by atoms with Gasteiger partial charge in [-0.05, 0) is 93.8 Å². The zero-order valence-electron chi connectivity index (χ0n) is 45.3. The Bertz CT molecular complexity index is 2290. The van der Waals surface area contributed by atoms with Crippen LogP contribution >= 0.6 is 0 Å². The number of likely N-dealkylation sites (tertiary alicyclic amines) is 2. The van der Waals surface area contributed by atoms with Gasteiger partial charge >= 0.3 is 0 Å². The lowest BCUT2D eigenvalue weighted by Crippen LogP contribution is -2.59. The van der Waals surface area contributed by atoms with Crippen LogP contribution in [-0.2, 0) is 28.8 Å². The number of likely N-dealkylation sites (N-methyl/N-ethyl adjacent to an activating group) is 2. The van der Waals surface area contributed by atoms with Crippen molar-refractivity contribution in [3.05, 3.63) is 107 Å². The molecule has 2 aliphatic heterocycles. The molecule has 0 spiro atoms. The molecule has 2 fully saturated rings. The molecule has 2 heterocycles. The SMILES string of the molecule is CC[C@@H](NC(=O)[C@@H]1C[C@H](NC(=O)c2cccc(C(=O)N[C@H]3C[C@@H](C(=O)N[C@H](CC)c4ccccc4)N(C(=O)[C@@H](NC(=O)[C@H](C)NC)C(C)(C)C)C3)c2)CN1C(=O)[C@@H](NC(=O)[C@H](C)NC)C(C)(C)C)c1ccccc1. The van der Waals surface area contributed by atoms with Crippen molar-refractivity contribution in [1.29, 1.82) is 0 Å². The third-order valence-corrected chi connectivity index (χ3v) is 14.1. The number of rotatable bonds is 20. The standard InChI is InChI=1S/C56H80N10O8/c1-13-41(35-22-17-15-18-23-35)61-51(71)43-29-39(31-65(43)53(73)45(55(5,6)7)63-47(67)33(3)57-11)59-49(69)37-26-21-27-38(28-37)50(70)60-40-30-44(52(72)62-42(14-2)36-24-19-16-20-25-36)66(32-40)54(74)46(56(8,9)10)64-48(68)34(4)58-12/h15-28,33-34,39-46,57-58H,13-14,29-32H2,1-12H3,(H,59,69)(H,60,70)(H,61,71)(H,62,72)(H,63,67)(H,64,68)/t33-,34-,39-,40-,41+,42+,43-,44-,45+,46+/m0/s1. The van der Waals surface area contributed by atoms with Gasteiger partial charge in [0.2, 0.25) is 35.4 Å². The Balaban J connectivity index is 1.37. The summed E-state index contributed by atoms with van der Waals surface area (Å²) in [5.74, 6) is -3.58. The van der Waals surface area contributed by atoms with Crippen molar-refractivity contribution in [3.8, 4) is 0 Å². The van der Waals surface area contributed by atoms with Crippen molar-refractivity contribution in [2.45, 2.75) is 155 Å². The van der Waals surface area contributed by atoms with Crippen molar-refractivity contribution in [1.82, 2.24) is 52.3 Å².